The molecule has 0 aliphatic carbocycles. The molecule has 1 aliphatic rings. The summed E-state index contributed by atoms with van der Waals surface area (Å²) in [6.45, 7) is 10.1. The Hall–Kier alpha value is -4.81. The van der Waals surface area contributed by atoms with Crippen LogP contribution in [0.15, 0.2) is 41.3 Å². The Morgan fingerprint density at radius 2 is 1.57 bits per heavy atom. The van der Waals surface area contributed by atoms with E-state index in [1.54, 1.807) is 53.7 Å². The number of rotatable bonds is 2. The molecule has 1 N–H and O–H groups in total. The topological polar surface area (TPSA) is 127 Å². The number of halogens is 2. The number of likely N-dealkylation sites (N-methyl/N-ethyl adjacent to an activating group) is 1. The zero-order chi connectivity index (χ0) is 32.3. The summed E-state index contributed by atoms with van der Waals surface area (Å²) in [5.74, 6) is -2.86. The molecular weight excluding hydrogens is 576 g/mol. The lowest BCUT2D eigenvalue weighted by Crippen LogP contribution is -2.47. The number of aromatic amines is 1. The average Bonchev–Trinajstić information content (AvgIpc) is 3.34. The number of hydrogen-bond donors (Lipinski definition) is 1. The molecule has 2 amide bonds. The second-order valence-electron chi connectivity index (χ2n) is 12.8. The summed E-state index contributed by atoms with van der Waals surface area (Å²) in [5, 5.41) is 4.74. The van der Waals surface area contributed by atoms with Gasteiger partial charge in [-0.1, -0.05) is 6.07 Å². The summed E-state index contributed by atoms with van der Waals surface area (Å²) in [6, 6.07) is 5.54. The van der Waals surface area contributed by atoms with Gasteiger partial charge in [-0.05, 0) is 71.2 Å². The molecule has 0 saturated heterocycles. The van der Waals surface area contributed by atoms with Crippen LogP contribution in [0.3, 0.4) is 0 Å². The molecule has 44 heavy (non-hydrogen) atoms. The van der Waals surface area contributed by atoms with Crippen molar-refractivity contribution in [2.24, 2.45) is 0 Å². The normalized spacial score (nSPS) is 15.3. The lowest BCUT2D eigenvalue weighted by Gasteiger charge is -2.39. The predicted molar refractivity (Wildman–Crippen MR) is 157 cm³/mol. The highest BCUT2D eigenvalue weighted by molar-refractivity contribution is 5.99. The molecule has 11 nitrogen and oxygen atoms in total. The first-order chi connectivity index (χ1) is 20.4. The number of nitrogens with zero attached hydrogens (tertiary/aromatic N) is 4. The van der Waals surface area contributed by atoms with Crippen LogP contribution in [-0.4, -0.2) is 67.5 Å². The van der Waals surface area contributed by atoms with E-state index in [0.29, 0.717) is 16.5 Å². The number of benzene rings is 2. The zero-order valence-electron chi connectivity index (χ0n) is 25.4. The van der Waals surface area contributed by atoms with E-state index < -0.39 is 52.5 Å². The first-order valence-corrected chi connectivity index (χ1v) is 13.9. The van der Waals surface area contributed by atoms with E-state index in [9.17, 15) is 28.0 Å². The fourth-order valence-electron chi connectivity index (χ4n) is 5.18. The third-order valence-corrected chi connectivity index (χ3v) is 7.08. The van der Waals surface area contributed by atoms with Crippen LogP contribution in [0.2, 0.25) is 0 Å². The molecular formula is C31H33F2N5O6. The highest BCUT2D eigenvalue weighted by Gasteiger charge is 2.37. The highest BCUT2D eigenvalue weighted by atomic mass is 19.2. The maximum absolute atomic E-state index is 14.5. The number of aromatic nitrogens is 3. The maximum Gasteiger partial charge on any atom is 0.435 e. The number of ether oxygens (including phenoxy) is 2. The van der Waals surface area contributed by atoms with Crippen LogP contribution < -0.4 is 5.56 Å². The molecule has 0 unspecified atom stereocenters. The number of hydrogen-bond acceptors (Lipinski definition) is 7. The van der Waals surface area contributed by atoms with Crippen molar-refractivity contribution in [1.29, 1.82) is 0 Å². The van der Waals surface area contributed by atoms with Gasteiger partial charge in [-0.15, -0.1) is 0 Å². The Bertz CT molecular complexity index is 1880. The van der Waals surface area contributed by atoms with Crippen molar-refractivity contribution in [3.8, 4) is 0 Å². The van der Waals surface area contributed by atoms with Crippen LogP contribution in [0.4, 0.5) is 18.4 Å². The number of carbonyl (C=O) groups excluding carboxylic acids is 3. The highest BCUT2D eigenvalue weighted by Crippen LogP contribution is 2.36. The maximum atomic E-state index is 14.5. The van der Waals surface area contributed by atoms with Gasteiger partial charge in [0, 0.05) is 35.8 Å². The van der Waals surface area contributed by atoms with Crippen LogP contribution in [0.1, 0.15) is 69.2 Å². The van der Waals surface area contributed by atoms with Crippen molar-refractivity contribution in [2.75, 3.05) is 13.6 Å². The van der Waals surface area contributed by atoms with Gasteiger partial charge in [-0.2, -0.15) is 9.78 Å². The van der Waals surface area contributed by atoms with Crippen LogP contribution in [0.5, 0.6) is 0 Å². The largest absolute Gasteiger partial charge is 0.444 e. The quantitative estimate of drug-likeness (QED) is 0.318. The van der Waals surface area contributed by atoms with Crippen LogP contribution in [0.25, 0.3) is 21.7 Å². The van der Waals surface area contributed by atoms with E-state index in [2.05, 4.69) is 10.1 Å². The first-order valence-electron chi connectivity index (χ1n) is 13.9. The fourth-order valence-corrected chi connectivity index (χ4v) is 5.18. The summed E-state index contributed by atoms with van der Waals surface area (Å²) < 4.78 is 40.7. The molecule has 1 atom stereocenters. The molecule has 13 heteroatoms. The van der Waals surface area contributed by atoms with Crippen molar-refractivity contribution in [3.05, 3.63) is 75.3 Å². The molecule has 5 rings (SSSR count). The molecule has 0 radical (unpaired) electrons. The van der Waals surface area contributed by atoms with E-state index in [4.69, 9.17) is 9.47 Å². The molecule has 0 spiro atoms. The Kier molecular flexibility index (Phi) is 7.47. The molecule has 0 saturated carbocycles. The average molecular weight is 610 g/mol. The minimum Gasteiger partial charge on any atom is -0.444 e. The number of pyridine rings is 1. The Balaban J connectivity index is 1.59. The fraction of sp³-hybridized carbons (Fsp3) is 0.387. The van der Waals surface area contributed by atoms with Gasteiger partial charge in [0.2, 0.25) is 0 Å². The number of H-pyrrole nitrogens is 1. The van der Waals surface area contributed by atoms with Crippen LogP contribution in [0, 0.1) is 11.6 Å². The molecule has 3 heterocycles. The molecule has 2 aromatic carbocycles. The Morgan fingerprint density at radius 1 is 0.955 bits per heavy atom. The van der Waals surface area contributed by atoms with Gasteiger partial charge >= 0.3 is 12.2 Å². The number of amides is 2. The van der Waals surface area contributed by atoms with Gasteiger partial charge in [-0.3, -0.25) is 14.5 Å². The lowest BCUT2D eigenvalue weighted by atomic mass is 9.92. The van der Waals surface area contributed by atoms with Gasteiger partial charge in [-0.25, -0.2) is 18.4 Å². The minimum atomic E-state index is -1.19. The predicted octanol–water partition coefficient (Wildman–Crippen LogP) is 5.50. The number of nitrogens with one attached hydrogen (secondary N) is 1. The van der Waals surface area contributed by atoms with Crippen molar-refractivity contribution < 1.29 is 32.6 Å². The van der Waals surface area contributed by atoms with Crippen molar-refractivity contribution in [3.63, 3.8) is 0 Å². The van der Waals surface area contributed by atoms with Crippen LogP contribution >= 0.6 is 0 Å². The van der Waals surface area contributed by atoms with E-state index in [-0.39, 0.29) is 35.1 Å². The summed E-state index contributed by atoms with van der Waals surface area (Å²) in [5.41, 5.74) is -1.11. The third kappa shape index (κ3) is 5.86. The first kappa shape index (κ1) is 30.6. The van der Waals surface area contributed by atoms with Gasteiger partial charge in [0.1, 0.15) is 11.2 Å². The standard InChI is InChI=1S/C31H33F2N5O6/c1-30(2,3)43-28(41)37-14-22-25(18-11-20(32)21(33)12-19(18)26(39)35-22)24(15-37)36(7)27(40)16-8-9-17-13-34-38(23(17)10-16)29(42)44-31(4,5)6/h8-13,24H,14-15H2,1-7H3,(H,35,39)/t24-/m0/s1. The minimum absolute atomic E-state index is 0.0671. The van der Waals surface area contributed by atoms with Crippen molar-refractivity contribution in [2.45, 2.75) is 65.3 Å². The molecule has 1 aliphatic heterocycles. The Labute approximate surface area is 251 Å². The smallest absolute Gasteiger partial charge is 0.435 e. The van der Waals surface area contributed by atoms with E-state index in [1.165, 1.54) is 29.1 Å². The van der Waals surface area contributed by atoms with E-state index >= 15 is 0 Å². The van der Waals surface area contributed by atoms with E-state index in [1.807, 2.05) is 0 Å². The summed E-state index contributed by atoms with van der Waals surface area (Å²) >= 11 is 0. The van der Waals surface area contributed by atoms with E-state index in [0.717, 1.165) is 16.8 Å². The molecule has 0 fully saturated rings. The second kappa shape index (κ2) is 10.7. The van der Waals surface area contributed by atoms with Crippen molar-refractivity contribution >= 4 is 39.8 Å². The summed E-state index contributed by atoms with van der Waals surface area (Å²) in [6.07, 6.45) is 0.0796. The molecule has 4 aromatic rings. The SMILES string of the molecule is CN(C(=O)c1ccc2cnn(C(=O)OC(C)(C)C)c2c1)[C@H]1CN(C(=O)OC(C)(C)C)Cc2[nH]c(=O)c3cc(F)c(F)cc3c21. The lowest BCUT2D eigenvalue weighted by molar-refractivity contribution is 0.0142. The summed E-state index contributed by atoms with van der Waals surface area (Å²) in [4.78, 5) is 58.2. The van der Waals surface area contributed by atoms with Crippen molar-refractivity contribution in [1.82, 2.24) is 24.6 Å². The second-order valence-corrected chi connectivity index (χ2v) is 12.8. The number of carbonyl (C=O) groups is 3. The van der Waals surface area contributed by atoms with Gasteiger partial charge < -0.3 is 19.4 Å². The van der Waals surface area contributed by atoms with Gasteiger partial charge in [0.05, 0.1) is 29.7 Å². The molecule has 2 aromatic heterocycles. The molecule has 232 valence electrons. The monoisotopic (exact) mass is 609 g/mol. The third-order valence-electron chi connectivity index (χ3n) is 7.08. The van der Waals surface area contributed by atoms with Gasteiger partial charge in [0.15, 0.2) is 11.6 Å². The van der Waals surface area contributed by atoms with Gasteiger partial charge in [0.25, 0.3) is 11.5 Å². The summed E-state index contributed by atoms with van der Waals surface area (Å²) in [7, 11) is 1.50. The molecule has 0 bridgehead atoms. The van der Waals surface area contributed by atoms with Crippen LogP contribution in [-0.2, 0) is 16.0 Å². The number of fused-ring (bicyclic) bond motifs is 4. The zero-order valence-corrected chi connectivity index (χ0v) is 25.4. The Morgan fingerprint density at radius 3 is 2.20 bits per heavy atom.